The normalized spacial score (nSPS) is 15.5. The minimum atomic E-state index is 0.0465. The van der Waals surface area contributed by atoms with E-state index in [1.807, 2.05) is 29.2 Å². The SMILES string of the molecule is CCc1cccc(NC(N)=NCC(=O)N2CCC(Cc3ccccc3)CC2)c1. The molecule has 148 valence electrons. The van der Waals surface area contributed by atoms with Gasteiger partial charge < -0.3 is 16.0 Å². The van der Waals surface area contributed by atoms with Crippen molar-refractivity contribution in [2.75, 3.05) is 25.0 Å². The lowest BCUT2D eigenvalue weighted by Gasteiger charge is -2.31. The number of amides is 1. The van der Waals surface area contributed by atoms with Crippen LogP contribution in [0, 0.1) is 5.92 Å². The average Bonchev–Trinajstić information content (AvgIpc) is 2.73. The number of rotatable bonds is 6. The van der Waals surface area contributed by atoms with Crippen LogP contribution in [0.1, 0.15) is 30.9 Å². The molecular weight excluding hydrogens is 348 g/mol. The molecule has 1 heterocycles. The van der Waals surface area contributed by atoms with Crippen LogP contribution in [0.2, 0.25) is 0 Å². The molecule has 0 saturated carbocycles. The molecule has 5 nitrogen and oxygen atoms in total. The van der Waals surface area contributed by atoms with Crippen molar-refractivity contribution in [3.63, 3.8) is 0 Å². The molecule has 1 aliphatic heterocycles. The number of benzene rings is 2. The molecule has 3 rings (SSSR count). The number of nitrogens with one attached hydrogen (secondary N) is 1. The van der Waals surface area contributed by atoms with Gasteiger partial charge in [0.1, 0.15) is 6.54 Å². The van der Waals surface area contributed by atoms with E-state index in [-0.39, 0.29) is 18.4 Å². The van der Waals surface area contributed by atoms with E-state index in [4.69, 9.17) is 5.73 Å². The fourth-order valence-corrected chi connectivity index (χ4v) is 3.64. The van der Waals surface area contributed by atoms with Crippen molar-refractivity contribution in [1.82, 2.24) is 4.90 Å². The number of aliphatic imine (C=N–C) groups is 1. The lowest BCUT2D eigenvalue weighted by molar-refractivity contribution is -0.130. The summed E-state index contributed by atoms with van der Waals surface area (Å²) in [5, 5.41) is 3.07. The van der Waals surface area contributed by atoms with Gasteiger partial charge in [0.2, 0.25) is 5.91 Å². The van der Waals surface area contributed by atoms with Crippen molar-refractivity contribution in [3.05, 3.63) is 65.7 Å². The monoisotopic (exact) mass is 378 g/mol. The first-order valence-corrected chi connectivity index (χ1v) is 10.1. The number of anilines is 1. The minimum Gasteiger partial charge on any atom is -0.370 e. The summed E-state index contributed by atoms with van der Waals surface area (Å²) in [4.78, 5) is 18.6. The molecule has 3 N–H and O–H groups in total. The highest BCUT2D eigenvalue weighted by atomic mass is 16.2. The average molecular weight is 379 g/mol. The largest absolute Gasteiger partial charge is 0.370 e. The van der Waals surface area contributed by atoms with Crippen molar-refractivity contribution in [3.8, 4) is 0 Å². The quantitative estimate of drug-likeness (QED) is 0.597. The maximum atomic E-state index is 12.5. The molecule has 0 atom stereocenters. The topological polar surface area (TPSA) is 70.7 Å². The van der Waals surface area contributed by atoms with Gasteiger partial charge in [-0.1, -0.05) is 49.4 Å². The summed E-state index contributed by atoms with van der Waals surface area (Å²) in [5.74, 6) is 0.971. The molecule has 1 aliphatic rings. The number of carbonyl (C=O) groups excluding carboxylic acids is 1. The van der Waals surface area contributed by atoms with E-state index in [0.717, 1.165) is 44.5 Å². The van der Waals surface area contributed by atoms with Crippen LogP contribution in [0.5, 0.6) is 0 Å². The van der Waals surface area contributed by atoms with E-state index >= 15 is 0 Å². The maximum absolute atomic E-state index is 12.5. The van der Waals surface area contributed by atoms with Gasteiger partial charge in [-0.05, 0) is 54.9 Å². The van der Waals surface area contributed by atoms with Crippen molar-refractivity contribution in [2.45, 2.75) is 32.6 Å². The van der Waals surface area contributed by atoms with Crippen LogP contribution in [-0.2, 0) is 17.6 Å². The standard InChI is InChI=1S/C23H30N4O/c1-2-18-9-6-10-21(16-18)26-23(24)25-17-22(28)27-13-11-20(12-14-27)15-19-7-4-3-5-8-19/h3-10,16,20H,2,11-15,17H2,1H3,(H3,24,25,26). The zero-order valence-electron chi connectivity index (χ0n) is 16.6. The Labute approximate surface area is 167 Å². The summed E-state index contributed by atoms with van der Waals surface area (Å²) in [6.45, 7) is 3.81. The Morgan fingerprint density at radius 1 is 1.11 bits per heavy atom. The summed E-state index contributed by atoms with van der Waals surface area (Å²) >= 11 is 0. The fraction of sp³-hybridized carbons (Fsp3) is 0.391. The second-order valence-corrected chi connectivity index (χ2v) is 7.39. The molecule has 0 spiro atoms. The van der Waals surface area contributed by atoms with E-state index in [9.17, 15) is 4.79 Å². The number of nitrogens with two attached hydrogens (primary N) is 1. The predicted octanol–water partition coefficient (Wildman–Crippen LogP) is 3.46. The first-order valence-electron chi connectivity index (χ1n) is 10.1. The molecule has 0 radical (unpaired) electrons. The van der Waals surface area contributed by atoms with Crippen LogP contribution in [0.25, 0.3) is 0 Å². The Bertz CT molecular complexity index is 795. The smallest absolute Gasteiger partial charge is 0.244 e. The van der Waals surface area contributed by atoms with E-state index in [2.05, 4.69) is 47.6 Å². The number of likely N-dealkylation sites (tertiary alicyclic amines) is 1. The molecule has 0 bridgehead atoms. The van der Waals surface area contributed by atoms with E-state index in [1.165, 1.54) is 11.1 Å². The Balaban J connectivity index is 1.44. The van der Waals surface area contributed by atoms with Crippen molar-refractivity contribution in [1.29, 1.82) is 0 Å². The van der Waals surface area contributed by atoms with Gasteiger partial charge in [-0.25, -0.2) is 4.99 Å². The Morgan fingerprint density at radius 2 is 1.82 bits per heavy atom. The van der Waals surface area contributed by atoms with Crippen molar-refractivity contribution >= 4 is 17.6 Å². The summed E-state index contributed by atoms with van der Waals surface area (Å²) in [5.41, 5.74) is 9.46. The van der Waals surface area contributed by atoms with E-state index in [1.54, 1.807) is 0 Å². The number of piperidine rings is 1. The number of nitrogens with zero attached hydrogens (tertiary/aromatic N) is 2. The van der Waals surface area contributed by atoms with Gasteiger partial charge in [0.05, 0.1) is 0 Å². The lowest BCUT2D eigenvalue weighted by atomic mass is 9.90. The molecule has 1 amide bonds. The zero-order chi connectivity index (χ0) is 19.8. The number of aryl methyl sites for hydroxylation is 1. The highest BCUT2D eigenvalue weighted by Crippen LogP contribution is 2.21. The molecular formula is C23H30N4O. The Morgan fingerprint density at radius 3 is 2.54 bits per heavy atom. The summed E-state index contributed by atoms with van der Waals surface area (Å²) in [6, 6.07) is 18.6. The molecule has 0 aromatic heterocycles. The Kier molecular flexibility index (Phi) is 7.06. The van der Waals surface area contributed by atoms with Crippen LogP contribution < -0.4 is 11.1 Å². The molecule has 1 fully saturated rings. The van der Waals surface area contributed by atoms with Gasteiger partial charge in [0.25, 0.3) is 0 Å². The number of hydrogen-bond acceptors (Lipinski definition) is 2. The van der Waals surface area contributed by atoms with E-state index < -0.39 is 0 Å². The third-order valence-corrected chi connectivity index (χ3v) is 5.33. The van der Waals surface area contributed by atoms with Crippen molar-refractivity contribution in [2.24, 2.45) is 16.6 Å². The second-order valence-electron chi connectivity index (χ2n) is 7.39. The number of guanidine groups is 1. The van der Waals surface area contributed by atoms with Crippen LogP contribution in [0.3, 0.4) is 0 Å². The minimum absolute atomic E-state index is 0.0465. The predicted molar refractivity (Wildman–Crippen MR) is 115 cm³/mol. The van der Waals surface area contributed by atoms with E-state index in [0.29, 0.717) is 5.92 Å². The van der Waals surface area contributed by atoms with Crippen molar-refractivity contribution < 1.29 is 4.79 Å². The molecule has 0 unspecified atom stereocenters. The third-order valence-electron chi connectivity index (χ3n) is 5.33. The van der Waals surface area contributed by atoms with Gasteiger partial charge in [0.15, 0.2) is 5.96 Å². The molecule has 2 aromatic rings. The fourth-order valence-electron chi connectivity index (χ4n) is 3.64. The molecule has 28 heavy (non-hydrogen) atoms. The van der Waals surface area contributed by atoms with Crippen LogP contribution in [-0.4, -0.2) is 36.4 Å². The maximum Gasteiger partial charge on any atom is 0.244 e. The second kappa shape index (κ2) is 9.93. The van der Waals surface area contributed by atoms with Gasteiger partial charge in [-0.3, -0.25) is 4.79 Å². The van der Waals surface area contributed by atoms with Crippen LogP contribution in [0.15, 0.2) is 59.6 Å². The zero-order valence-corrected chi connectivity index (χ0v) is 16.6. The van der Waals surface area contributed by atoms with Gasteiger partial charge in [-0.15, -0.1) is 0 Å². The first-order chi connectivity index (χ1) is 13.6. The molecule has 1 saturated heterocycles. The number of carbonyl (C=O) groups is 1. The lowest BCUT2D eigenvalue weighted by Crippen LogP contribution is -2.40. The molecule has 0 aliphatic carbocycles. The highest BCUT2D eigenvalue weighted by molar-refractivity contribution is 5.93. The van der Waals surface area contributed by atoms with Crippen LogP contribution in [0.4, 0.5) is 5.69 Å². The Hall–Kier alpha value is -2.82. The molecule has 2 aromatic carbocycles. The van der Waals surface area contributed by atoms with Gasteiger partial charge in [-0.2, -0.15) is 0 Å². The number of hydrogen-bond donors (Lipinski definition) is 2. The van der Waals surface area contributed by atoms with Gasteiger partial charge >= 0.3 is 0 Å². The third kappa shape index (κ3) is 5.84. The summed E-state index contributed by atoms with van der Waals surface area (Å²) in [7, 11) is 0. The van der Waals surface area contributed by atoms with Crippen LogP contribution >= 0.6 is 0 Å². The molecule has 5 heteroatoms. The summed E-state index contributed by atoms with van der Waals surface area (Å²) < 4.78 is 0. The highest BCUT2D eigenvalue weighted by Gasteiger charge is 2.22. The first kappa shape index (κ1) is 19.9. The van der Waals surface area contributed by atoms with Gasteiger partial charge in [0, 0.05) is 18.8 Å². The summed E-state index contributed by atoms with van der Waals surface area (Å²) in [6.07, 6.45) is 4.14.